The Balaban J connectivity index is 2.16. The molecule has 0 heterocycles. The van der Waals surface area contributed by atoms with Crippen LogP contribution >= 0.6 is 0 Å². The van der Waals surface area contributed by atoms with Crippen molar-refractivity contribution in [1.82, 2.24) is 0 Å². The van der Waals surface area contributed by atoms with E-state index in [9.17, 15) is 0 Å². The first-order valence-corrected chi connectivity index (χ1v) is 7.14. The summed E-state index contributed by atoms with van der Waals surface area (Å²) in [5, 5.41) is 3.62. The average Bonchev–Trinajstić information content (AvgIpc) is 2.46. The van der Waals surface area contributed by atoms with Gasteiger partial charge in [-0.2, -0.15) is 0 Å². The number of aryl methyl sites for hydroxylation is 3. The fourth-order valence-corrected chi connectivity index (χ4v) is 2.37. The Hall–Kier alpha value is -1.76. The van der Waals surface area contributed by atoms with Gasteiger partial charge in [-0.25, -0.2) is 0 Å². The van der Waals surface area contributed by atoms with Crippen LogP contribution in [0.4, 0.5) is 5.69 Å². The highest BCUT2D eigenvalue weighted by Crippen LogP contribution is 2.23. The van der Waals surface area contributed by atoms with E-state index in [2.05, 4.69) is 68.6 Å². The molecular formula is C18H23N. The molecule has 2 aromatic rings. The Labute approximate surface area is 116 Å². The minimum Gasteiger partial charge on any atom is -0.381 e. The molecule has 0 bridgehead atoms. The molecule has 0 radical (unpaired) electrons. The predicted octanol–water partition coefficient (Wildman–Crippen LogP) is 4.73. The number of hydrogen-bond donors (Lipinski definition) is 1. The van der Waals surface area contributed by atoms with Crippen molar-refractivity contribution in [3.8, 4) is 0 Å². The standard InChI is InChI=1S/C18H23N/c1-4-16-7-6-8-17(5-2)18(16)19-13-15-11-9-14(3)10-12-15/h6-12,19H,4-5,13H2,1-3H3. The molecule has 100 valence electrons. The molecule has 0 amide bonds. The van der Waals surface area contributed by atoms with Crippen LogP contribution in [-0.4, -0.2) is 0 Å². The third kappa shape index (κ3) is 3.37. The normalized spacial score (nSPS) is 10.5. The van der Waals surface area contributed by atoms with Gasteiger partial charge in [0.1, 0.15) is 0 Å². The number of anilines is 1. The summed E-state index contributed by atoms with van der Waals surface area (Å²) >= 11 is 0. The number of para-hydroxylation sites is 1. The molecule has 0 saturated carbocycles. The first-order chi connectivity index (χ1) is 9.24. The van der Waals surface area contributed by atoms with Gasteiger partial charge in [0, 0.05) is 12.2 Å². The molecule has 2 rings (SSSR count). The van der Waals surface area contributed by atoms with Gasteiger partial charge in [-0.15, -0.1) is 0 Å². The predicted molar refractivity (Wildman–Crippen MR) is 83.7 cm³/mol. The molecule has 0 fully saturated rings. The molecule has 0 saturated heterocycles. The number of rotatable bonds is 5. The second-order valence-corrected chi connectivity index (χ2v) is 5.00. The Kier molecular flexibility index (Phi) is 4.62. The smallest absolute Gasteiger partial charge is 0.0407 e. The molecule has 0 aliphatic rings. The quantitative estimate of drug-likeness (QED) is 0.812. The van der Waals surface area contributed by atoms with Crippen molar-refractivity contribution < 1.29 is 0 Å². The molecule has 0 unspecified atom stereocenters. The second-order valence-electron chi connectivity index (χ2n) is 5.00. The number of nitrogens with one attached hydrogen (secondary N) is 1. The first kappa shape index (κ1) is 13.7. The van der Waals surface area contributed by atoms with Crippen LogP contribution in [0.1, 0.15) is 36.1 Å². The number of hydrogen-bond acceptors (Lipinski definition) is 1. The minimum atomic E-state index is 0.893. The zero-order chi connectivity index (χ0) is 13.7. The summed E-state index contributed by atoms with van der Waals surface area (Å²) in [5.41, 5.74) is 6.79. The van der Waals surface area contributed by atoms with Crippen molar-refractivity contribution >= 4 is 5.69 Å². The summed E-state index contributed by atoms with van der Waals surface area (Å²) in [5.74, 6) is 0. The van der Waals surface area contributed by atoms with Crippen molar-refractivity contribution in [2.24, 2.45) is 0 Å². The topological polar surface area (TPSA) is 12.0 Å². The van der Waals surface area contributed by atoms with Crippen LogP contribution in [-0.2, 0) is 19.4 Å². The fourth-order valence-electron chi connectivity index (χ4n) is 2.37. The van der Waals surface area contributed by atoms with Gasteiger partial charge >= 0.3 is 0 Å². The van der Waals surface area contributed by atoms with E-state index in [1.807, 2.05) is 0 Å². The SMILES string of the molecule is CCc1cccc(CC)c1NCc1ccc(C)cc1. The van der Waals surface area contributed by atoms with E-state index in [1.165, 1.54) is 27.9 Å². The lowest BCUT2D eigenvalue weighted by Gasteiger charge is -2.15. The second kappa shape index (κ2) is 6.42. The Morgan fingerprint density at radius 3 is 1.95 bits per heavy atom. The summed E-state index contributed by atoms with van der Waals surface area (Å²) in [6.07, 6.45) is 2.15. The van der Waals surface area contributed by atoms with Crippen LogP contribution in [0.2, 0.25) is 0 Å². The summed E-state index contributed by atoms with van der Waals surface area (Å²) in [4.78, 5) is 0. The molecule has 1 heteroatoms. The van der Waals surface area contributed by atoms with Crippen molar-refractivity contribution in [3.63, 3.8) is 0 Å². The lowest BCUT2D eigenvalue weighted by atomic mass is 10.0. The summed E-state index contributed by atoms with van der Waals surface area (Å²) in [6, 6.07) is 15.3. The molecule has 0 atom stereocenters. The summed E-state index contributed by atoms with van der Waals surface area (Å²) < 4.78 is 0. The lowest BCUT2D eigenvalue weighted by Crippen LogP contribution is -2.05. The van der Waals surface area contributed by atoms with E-state index in [1.54, 1.807) is 0 Å². The van der Waals surface area contributed by atoms with Gasteiger partial charge in [-0.05, 0) is 36.5 Å². The fraction of sp³-hybridized carbons (Fsp3) is 0.333. The third-order valence-electron chi connectivity index (χ3n) is 3.59. The largest absolute Gasteiger partial charge is 0.381 e. The molecule has 1 N–H and O–H groups in total. The van der Waals surface area contributed by atoms with Crippen LogP contribution in [0.15, 0.2) is 42.5 Å². The summed E-state index contributed by atoms with van der Waals surface area (Å²) in [7, 11) is 0. The molecule has 0 aliphatic carbocycles. The van der Waals surface area contributed by atoms with Gasteiger partial charge in [-0.3, -0.25) is 0 Å². The average molecular weight is 253 g/mol. The van der Waals surface area contributed by atoms with Crippen molar-refractivity contribution in [2.45, 2.75) is 40.2 Å². The van der Waals surface area contributed by atoms with Gasteiger partial charge in [0.25, 0.3) is 0 Å². The van der Waals surface area contributed by atoms with Crippen LogP contribution in [0, 0.1) is 6.92 Å². The van der Waals surface area contributed by atoms with Crippen molar-refractivity contribution in [2.75, 3.05) is 5.32 Å². The minimum absolute atomic E-state index is 0.893. The van der Waals surface area contributed by atoms with Crippen molar-refractivity contribution in [3.05, 3.63) is 64.7 Å². The van der Waals surface area contributed by atoms with E-state index < -0.39 is 0 Å². The maximum atomic E-state index is 3.62. The van der Waals surface area contributed by atoms with E-state index >= 15 is 0 Å². The Morgan fingerprint density at radius 1 is 0.842 bits per heavy atom. The number of benzene rings is 2. The van der Waals surface area contributed by atoms with E-state index in [4.69, 9.17) is 0 Å². The maximum absolute atomic E-state index is 3.62. The maximum Gasteiger partial charge on any atom is 0.0407 e. The molecule has 2 aromatic carbocycles. The Morgan fingerprint density at radius 2 is 1.42 bits per heavy atom. The van der Waals surface area contributed by atoms with Gasteiger partial charge in [0.15, 0.2) is 0 Å². The highest BCUT2D eigenvalue weighted by atomic mass is 14.9. The molecule has 19 heavy (non-hydrogen) atoms. The highest BCUT2D eigenvalue weighted by molar-refractivity contribution is 5.58. The lowest BCUT2D eigenvalue weighted by molar-refractivity contribution is 1.05. The third-order valence-corrected chi connectivity index (χ3v) is 3.59. The zero-order valence-electron chi connectivity index (χ0n) is 12.2. The van der Waals surface area contributed by atoms with Crippen LogP contribution in [0.5, 0.6) is 0 Å². The Bertz CT molecular complexity index is 504. The van der Waals surface area contributed by atoms with Gasteiger partial charge in [-0.1, -0.05) is 61.9 Å². The van der Waals surface area contributed by atoms with E-state index in [0.29, 0.717) is 0 Å². The monoisotopic (exact) mass is 253 g/mol. The van der Waals surface area contributed by atoms with Gasteiger partial charge in [0.2, 0.25) is 0 Å². The molecule has 0 spiro atoms. The molecular weight excluding hydrogens is 230 g/mol. The van der Waals surface area contributed by atoms with Gasteiger partial charge in [0.05, 0.1) is 0 Å². The van der Waals surface area contributed by atoms with Gasteiger partial charge < -0.3 is 5.32 Å². The highest BCUT2D eigenvalue weighted by Gasteiger charge is 2.05. The van der Waals surface area contributed by atoms with E-state index in [0.717, 1.165) is 19.4 Å². The summed E-state index contributed by atoms with van der Waals surface area (Å²) in [6.45, 7) is 7.45. The molecule has 1 nitrogen and oxygen atoms in total. The van der Waals surface area contributed by atoms with Crippen LogP contribution in [0.25, 0.3) is 0 Å². The van der Waals surface area contributed by atoms with Crippen LogP contribution in [0.3, 0.4) is 0 Å². The molecule has 0 aliphatic heterocycles. The van der Waals surface area contributed by atoms with Crippen molar-refractivity contribution in [1.29, 1.82) is 0 Å². The first-order valence-electron chi connectivity index (χ1n) is 7.14. The van der Waals surface area contributed by atoms with E-state index in [-0.39, 0.29) is 0 Å². The zero-order valence-corrected chi connectivity index (χ0v) is 12.2. The van der Waals surface area contributed by atoms with Crippen LogP contribution < -0.4 is 5.32 Å². The molecule has 0 aromatic heterocycles.